The molecule has 0 fully saturated rings. The minimum Gasteiger partial charge on any atom is -0.303 e. The zero-order valence-electron chi connectivity index (χ0n) is 13.4. The number of aliphatic imine (C=N–C) groups is 1. The lowest BCUT2D eigenvalue weighted by Crippen LogP contribution is -2.15. The molecule has 0 aliphatic carbocycles. The maximum atomic E-state index is 8.22. The van der Waals surface area contributed by atoms with Crippen LogP contribution in [0.1, 0.15) is 78.6 Å². The van der Waals surface area contributed by atoms with Crippen molar-refractivity contribution in [3.8, 4) is 0 Å². The Morgan fingerprint density at radius 2 is 1.68 bits per heavy atom. The predicted molar refractivity (Wildman–Crippen MR) is 87.7 cm³/mol. The number of rotatable bonds is 11. The van der Waals surface area contributed by atoms with Crippen molar-refractivity contribution >= 4 is 11.4 Å². The lowest BCUT2D eigenvalue weighted by atomic mass is 9.98. The number of nitrogens with one attached hydrogen (secondary N) is 1. The Balaban J connectivity index is 4.31. The molecule has 0 rings (SSSR count). The molecular weight excluding hydrogens is 232 g/mol. The summed E-state index contributed by atoms with van der Waals surface area (Å²) in [6, 6.07) is 0. The molecule has 0 heterocycles. The molecule has 0 aromatic carbocycles. The van der Waals surface area contributed by atoms with Gasteiger partial charge in [0, 0.05) is 7.05 Å². The molecule has 1 N–H and O–H groups in total. The van der Waals surface area contributed by atoms with Gasteiger partial charge in [-0.25, -0.2) is 0 Å². The Morgan fingerprint density at radius 1 is 1.00 bits per heavy atom. The van der Waals surface area contributed by atoms with Crippen LogP contribution in [0.2, 0.25) is 0 Å². The second-order valence-electron chi connectivity index (χ2n) is 5.09. The first kappa shape index (κ1) is 18.1. The van der Waals surface area contributed by atoms with Gasteiger partial charge in [0.05, 0.1) is 11.4 Å². The summed E-state index contributed by atoms with van der Waals surface area (Å²) in [5, 5.41) is 8.22. The van der Waals surface area contributed by atoms with Gasteiger partial charge in [-0.3, -0.25) is 4.99 Å². The Bertz CT molecular complexity index is 300. The summed E-state index contributed by atoms with van der Waals surface area (Å²) in [6.45, 7) is 6.57. The lowest BCUT2D eigenvalue weighted by molar-refractivity contribution is 0.643. The molecule has 0 aromatic heterocycles. The molecule has 0 radical (unpaired) electrons. The van der Waals surface area contributed by atoms with E-state index in [0.29, 0.717) is 0 Å². The molecule has 0 saturated heterocycles. The van der Waals surface area contributed by atoms with Gasteiger partial charge in [-0.1, -0.05) is 59.0 Å². The lowest BCUT2D eigenvalue weighted by Gasteiger charge is -2.10. The minimum absolute atomic E-state index is 0.725. The highest BCUT2D eigenvalue weighted by Gasteiger charge is 2.10. The highest BCUT2D eigenvalue weighted by atomic mass is 14.7. The summed E-state index contributed by atoms with van der Waals surface area (Å²) >= 11 is 0. The maximum absolute atomic E-state index is 8.22. The normalized spacial score (nSPS) is 12.8. The zero-order valence-corrected chi connectivity index (χ0v) is 13.4. The third-order valence-corrected chi connectivity index (χ3v) is 3.40. The minimum atomic E-state index is 0.725. The molecule has 0 saturated carbocycles. The predicted octanol–water partition coefficient (Wildman–Crippen LogP) is 5.57. The Kier molecular flexibility index (Phi) is 11.5. The van der Waals surface area contributed by atoms with Crippen molar-refractivity contribution in [3.05, 3.63) is 11.6 Å². The van der Waals surface area contributed by atoms with E-state index in [4.69, 9.17) is 5.41 Å². The van der Waals surface area contributed by atoms with E-state index in [0.717, 1.165) is 43.5 Å². The molecule has 110 valence electrons. The molecule has 0 bridgehead atoms. The van der Waals surface area contributed by atoms with Crippen molar-refractivity contribution < 1.29 is 0 Å². The highest BCUT2D eigenvalue weighted by molar-refractivity contribution is 6.47. The van der Waals surface area contributed by atoms with Crippen LogP contribution in [-0.4, -0.2) is 18.5 Å². The third-order valence-electron chi connectivity index (χ3n) is 3.40. The van der Waals surface area contributed by atoms with Gasteiger partial charge in [-0.05, 0) is 31.3 Å². The number of hydrogen-bond acceptors (Lipinski definition) is 2. The number of nitrogens with zero attached hydrogens (tertiary/aromatic N) is 1. The monoisotopic (exact) mass is 264 g/mol. The smallest absolute Gasteiger partial charge is 0.0807 e. The van der Waals surface area contributed by atoms with Crippen LogP contribution in [-0.2, 0) is 0 Å². The molecular formula is C17H32N2. The Hall–Kier alpha value is -0.920. The van der Waals surface area contributed by atoms with Crippen LogP contribution in [0.4, 0.5) is 0 Å². The van der Waals surface area contributed by atoms with E-state index >= 15 is 0 Å². The first-order valence-corrected chi connectivity index (χ1v) is 7.95. The second-order valence-corrected chi connectivity index (χ2v) is 5.09. The first-order chi connectivity index (χ1) is 9.21. The standard InChI is InChI=1S/C17H32N2/c1-5-8-10-11-12-14-16(18)17(19-4)15(7-3)13-9-6-2/h13,18H,5-12,14H2,1-4H3/b15-13+,18-16?,19-17?. The molecule has 0 atom stereocenters. The van der Waals surface area contributed by atoms with E-state index < -0.39 is 0 Å². The highest BCUT2D eigenvalue weighted by Crippen LogP contribution is 2.12. The molecule has 0 unspecified atom stereocenters. The van der Waals surface area contributed by atoms with Crippen molar-refractivity contribution in [2.24, 2.45) is 4.99 Å². The fourth-order valence-corrected chi connectivity index (χ4v) is 2.22. The summed E-state index contributed by atoms with van der Waals surface area (Å²) in [4.78, 5) is 4.35. The molecule has 0 aliphatic heterocycles. The summed E-state index contributed by atoms with van der Waals surface area (Å²) in [5.74, 6) is 0. The third kappa shape index (κ3) is 7.97. The van der Waals surface area contributed by atoms with Gasteiger partial charge in [-0.15, -0.1) is 0 Å². The molecule has 2 heteroatoms. The summed E-state index contributed by atoms with van der Waals surface area (Å²) < 4.78 is 0. The van der Waals surface area contributed by atoms with Crippen LogP contribution in [0, 0.1) is 5.41 Å². The van der Waals surface area contributed by atoms with Crippen LogP contribution < -0.4 is 0 Å². The van der Waals surface area contributed by atoms with Gasteiger partial charge in [0.1, 0.15) is 0 Å². The van der Waals surface area contributed by atoms with Crippen LogP contribution in [0.25, 0.3) is 0 Å². The van der Waals surface area contributed by atoms with Gasteiger partial charge in [0.15, 0.2) is 0 Å². The van der Waals surface area contributed by atoms with E-state index in [2.05, 4.69) is 31.8 Å². The van der Waals surface area contributed by atoms with Gasteiger partial charge in [-0.2, -0.15) is 0 Å². The largest absolute Gasteiger partial charge is 0.303 e. The summed E-state index contributed by atoms with van der Waals surface area (Å²) in [5.41, 5.74) is 2.91. The second kappa shape index (κ2) is 12.1. The first-order valence-electron chi connectivity index (χ1n) is 7.95. The van der Waals surface area contributed by atoms with Gasteiger partial charge in [0.2, 0.25) is 0 Å². The van der Waals surface area contributed by atoms with E-state index in [1.54, 1.807) is 0 Å². The summed E-state index contributed by atoms with van der Waals surface area (Å²) in [7, 11) is 1.82. The van der Waals surface area contributed by atoms with Gasteiger partial charge in [0.25, 0.3) is 0 Å². The zero-order chi connectivity index (χ0) is 14.5. The number of hydrogen-bond donors (Lipinski definition) is 1. The van der Waals surface area contributed by atoms with Crippen molar-refractivity contribution in [1.82, 2.24) is 0 Å². The Morgan fingerprint density at radius 3 is 2.21 bits per heavy atom. The van der Waals surface area contributed by atoms with Crippen LogP contribution >= 0.6 is 0 Å². The average molecular weight is 264 g/mol. The fourth-order valence-electron chi connectivity index (χ4n) is 2.22. The van der Waals surface area contributed by atoms with Crippen molar-refractivity contribution in [2.75, 3.05) is 7.05 Å². The maximum Gasteiger partial charge on any atom is 0.0807 e. The number of allylic oxidation sites excluding steroid dienone is 2. The average Bonchev–Trinajstić information content (AvgIpc) is 2.43. The van der Waals surface area contributed by atoms with E-state index in [9.17, 15) is 0 Å². The molecule has 19 heavy (non-hydrogen) atoms. The van der Waals surface area contributed by atoms with Crippen LogP contribution in [0.3, 0.4) is 0 Å². The van der Waals surface area contributed by atoms with Crippen molar-refractivity contribution in [3.63, 3.8) is 0 Å². The van der Waals surface area contributed by atoms with Gasteiger partial charge >= 0.3 is 0 Å². The van der Waals surface area contributed by atoms with Crippen LogP contribution in [0.5, 0.6) is 0 Å². The van der Waals surface area contributed by atoms with Crippen molar-refractivity contribution in [2.45, 2.75) is 78.6 Å². The quantitative estimate of drug-likeness (QED) is 0.374. The molecule has 2 nitrogen and oxygen atoms in total. The van der Waals surface area contributed by atoms with Crippen molar-refractivity contribution in [1.29, 1.82) is 5.41 Å². The molecule has 0 spiro atoms. The number of unbranched alkanes of at least 4 members (excludes halogenated alkanes) is 5. The SMILES string of the molecule is CCC/C=C(\CC)C(=NC)C(=N)CCCCCCC. The Labute approximate surface area is 119 Å². The van der Waals surface area contributed by atoms with E-state index in [-0.39, 0.29) is 0 Å². The topological polar surface area (TPSA) is 36.2 Å². The van der Waals surface area contributed by atoms with E-state index in [1.807, 2.05) is 7.05 Å². The molecule has 0 amide bonds. The molecule has 0 aliphatic rings. The molecule has 0 aromatic rings. The van der Waals surface area contributed by atoms with Gasteiger partial charge < -0.3 is 5.41 Å². The van der Waals surface area contributed by atoms with Crippen LogP contribution in [0.15, 0.2) is 16.6 Å². The summed E-state index contributed by atoms with van der Waals surface area (Å²) in [6.07, 6.45) is 12.6. The van der Waals surface area contributed by atoms with E-state index in [1.165, 1.54) is 31.3 Å². The fraction of sp³-hybridized carbons (Fsp3) is 0.765.